The third kappa shape index (κ3) is 2.82. The second kappa shape index (κ2) is 5.50. The molecule has 0 saturated carbocycles. The predicted molar refractivity (Wildman–Crippen MR) is 81.3 cm³/mol. The molecule has 90 valence electrons. The van der Waals surface area contributed by atoms with Gasteiger partial charge in [-0.3, -0.25) is 0 Å². The summed E-state index contributed by atoms with van der Waals surface area (Å²) in [5, 5.41) is 4.16. The maximum Gasteiger partial charge on any atom is 0.0767 e. The third-order valence-corrected chi connectivity index (χ3v) is 6.00. The van der Waals surface area contributed by atoms with Crippen LogP contribution in [0.3, 0.4) is 0 Å². The lowest BCUT2D eigenvalue weighted by Crippen LogP contribution is -1.92. The van der Waals surface area contributed by atoms with Gasteiger partial charge in [-0.05, 0) is 41.6 Å². The summed E-state index contributed by atoms with van der Waals surface area (Å²) in [6.07, 6.45) is 0. The number of hydrogen-bond acceptors (Lipinski definition) is 1. The summed E-state index contributed by atoms with van der Waals surface area (Å²) in [5.74, 6) is 0. The van der Waals surface area contributed by atoms with Crippen molar-refractivity contribution in [2.45, 2.75) is 11.8 Å². The molecule has 0 saturated heterocycles. The zero-order valence-corrected chi connectivity index (χ0v) is 13.5. The Morgan fingerprint density at radius 1 is 1.24 bits per heavy atom. The van der Waals surface area contributed by atoms with E-state index in [0.29, 0.717) is 10.0 Å². The van der Waals surface area contributed by atoms with Crippen LogP contribution in [-0.4, -0.2) is 0 Å². The molecule has 0 amide bonds. The summed E-state index contributed by atoms with van der Waals surface area (Å²) >= 11 is 23.6. The van der Waals surface area contributed by atoms with Crippen LogP contribution in [0.25, 0.3) is 0 Å². The van der Waals surface area contributed by atoms with E-state index in [1.165, 1.54) is 0 Å². The number of rotatable bonds is 2. The van der Waals surface area contributed by atoms with Gasteiger partial charge >= 0.3 is 0 Å². The molecule has 0 aliphatic carbocycles. The van der Waals surface area contributed by atoms with Crippen LogP contribution < -0.4 is 0 Å². The van der Waals surface area contributed by atoms with Gasteiger partial charge in [0.05, 0.1) is 9.85 Å². The molecule has 0 aliphatic heterocycles. The van der Waals surface area contributed by atoms with Crippen molar-refractivity contribution in [2.75, 3.05) is 0 Å². The Morgan fingerprint density at radius 3 is 2.53 bits per heavy atom. The number of benzene rings is 1. The Kier molecular flexibility index (Phi) is 4.43. The van der Waals surface area contributed by atoms with Crippen molar-refractivity contribution in [1.82, 2.24) is 0 Å². The van der Waals surface area contributed by atoms with Crippen LogP contribution in [-0.2, 0) is 0 Å². The van der Waals surface area contributed by atoms with Gasteiger partial charge in [0.15, 0.2) is 0 Å². The molecule has 1 heterocycles. The summed E-state index contributed by atoms with van der Waals surface area (Å²) in [6, 6.07) is 5.42. The fraction of sp³-hybridized carbons (Fsp3) is 0.167. The quantitative estimate of drug-likeness (QED) is 0.529. The van der Waals surface area contributed by atoms with Gasteiger partial charge in [-0.2, -0.15) is 0 Å². The van der Waals surface area contributed by atoms with E-state index in [-0.39, 0.29) is 4.83 Å². The van der Waals surface area contributed by atoms with Crippen LogP contribution in [0.2, 0.25) is 15.1 Å². The first-order valence-electron chi connectivity index (χ1n) is 4.83. The normalized spacial score (nSPS) is 12.8. The molecule has 0 N–H and O–H groups in total. The van der Waals surface area contributed by atoms with Crippen LogP contribution >= 0.6 is 62.1 Å². The van der Waals surface area contributed by atoms with Crippen molar-refractivity contribution in [1.29, 1.82) is 0 Å². The zero-order valence-electron chi connectivity index (χ0n) is 8.81. The van der Waals surface area contributed by atoms with Crippen LogP contribution in [0.1, 0.15) is 20.8 Å². The minimum atomic E-state index is -0.0279. The molecule has 1 aromatic heterocycles. The first-order chi connectivity index (χ1) is 8.00. The van der Waals surface area contributed by atoms with E-state index < -0.39 is 0 Å². The summed E-state index contributed by atoms with van der Waals surface area (Å²) in [4.78, 5) is 1.02. The average molecular weight is 371 g/mol. The maximum atomic E-state index is 6.25. The average Bonchev–Trinajstić information content (AvgIpc) is 2.62. The molecule has 17 heavy (non-hydrogen) atoms. The van der Waals surface area contributed by atoms with Gasteiger partial charge in [0, 0.05) is 14.9 Å². The van der Waals surface area contributed by atoms with E-state index in [1.54, 1.807) is 23.5 Å². The lowest BCUT2D eigenvalue weighted by Gasteiger charge is -2.11. The van der Waals surface area contributed by atoms with Crippen LogP contribution in [0.4, 0.5) is 0 Å². The molecule has 0 bridgehead atoms. The van der Waals surface area contributed by atoms with Gasteiger partial charge in [-0.1, -0.05) is 50.7 Å². The van der Waals surface area contributed by atoms with E-state index in [9.17, 15) is 0 Å². The van der Waals surface area contributed by atoms with E-state index in [1.807, 2.05) is 18.4 Å². The molecule has 2 rings (SSSR count). The topological polar surface area (TPSA) is 0 Å². The van der Waals surface area contributed by atoms with E-state index in [4.69, 9.17) is 34.8 Å². The lowest BCUT2D eigenvalue weighted by atomic mass is 10.1. The Balaban J connectivity index is 2.47. The minimum absolute atomic E-state index is 0.0279. The highest BCUT2D eigenvalue weighted by Crippen LogP contribution is 2.43. The Hall–Kier alpha value is 0.270. The van der Waals surface area contributed by atoms with E-state index >= 15 is 0 Å². The molecule has 0 nitrogen and oxygen atoms in total. The lowest BCUT2D eigenvalue weighted by molar-refractivity contribution is 1.22. The zero-order chi connectivity index (χ0) is 12.6. The fourth-order valence-corrected chi connectivity index (χ4v) is 4.37. The minimum Gasteiger partial charge on any atom is -0.145 e. The van der Waals surface area contributed by atoms with Crippen molar-refractivity contribution in [3.05, 3.63) is 54.7 Å². The fourth-order valence-electron chi connectivity index (χ4n) is 1.47. The summed E-state index contributed by atoms with van der Waals surface area (Å²) in [6.45, 7) is 1.99. The standard InChI is InChI=1S/C12H8BrCl3S/c1-6-5-17-12(11(6)16)10(13)8-4-7(14)2-3-9(8)15/h2-5,10H,1H3. The third-order valence-electron chi connectivity index (χ3n) is 2.39. The first-order valence-corrected chi connectivity index (χ1v) is 7.76. The van der Waals surface area contributed by atoms with Gasteiger partial charge in [-0.15, -0.1) is 11.3 Å². The Morgan fingerprint density at radius 2 is 1.94 bits per heavy atom. The highest BCUT2D eigenvalue weighted by molar-refractivity contribution is 9.09. The number of halogens is 4. The van der Waals surface area contributed by atoms with Crippen molar-refractivity contribution in [3.8, 4) is 0 Å². The number of alkyl halides is 1. The second-order valence-corrected chi connectivity index (χ2v) is 6.67. The summed E-state index contributed by atoms with van der Waals surface area (Å²) in [5.41, 5.74) is 2.01. The molecule has 1 aromatic carbocycles. The SMILES string of the molecule is Cc1csc(C(Br)c2cc(Cl)ccc2Cl)c1Cl. The summed E-state index contributed by atoms with van der Waals surface area (Å²) in [7, 11) is 0. The van der Waals surface area contributed by atoms with E-state index in [2.05, 4.69) is 15.9 Å². The highest BCUT2D eigenvalue weighted by atomic mass is 79.9. The van der Waals surface area contributed by atoms with Crippen molar-refractivity contribution >= 4 is 62.1 Å². The molecule has 1 atom stereocenters. The molecule has 0 radical (unpaired) electrons. The van der Waals surface area contributed by atoms with Crippen LogP contribution in [0, 0.1) is 6.92 Å². The van der Waals surface area contributed by atoms with Crippen LogP contribution in [0.5, 0.6) is 0 Å². The van der Waals surface area contributed by atoms with Gasteiger partial charge in [0.1, 0.15) is 0 Å². The molecule has 5 heteroatoms. The number of thiophene rings is 1. The monoisotopic (exact) mass is 368 g/mol. The summed E-state index contributed by atoms with van der Waals surface area (Å²) < 4.78 is 0. The molecule has 2 aromatic rings. The molecule has 0 spiro atoms. The second-order valence-electron chi connectivity index (χ2n) is 3.63. The van der Waals surface area contributed by atoms with Gasteiger partial charge in [-0.25, -0.2) is 0 Å². The maximum absolute atomic E-state index is 6.25. The van der Waals surface area contributed by atoms with Crippen molar-refractivity contribution in [2.24, 2.45) is 0 Å². The van der Waals surface area contributed by atoms with Crippen molar-refractivity contribution < 1.29 is 0 Å². The molecular weight excluding hydrogens is 362 g/mol. The van der Waals surface area contributed by atoms with Gasteiger partial charge in [0.2, 0.25) is 0 Å². The number of hydrogen-bond donors (Lipinski definition) is 0. The van der Waals surface area contributed by atoms with Crippen molar-refractivity contribution in [3.63, 3.8) is 0 Å². The first kappa shape index (κ1) is 13.7. The molecule has 0 fully saturated rings. The van der Waals surface area contributed by atoms with Gasteiger partial charge in [0.25, 0.3) is 0 Å². The smallest absolute Gasteiger partial charge is 0.0767 e. The molecule has 1 unspecified atom stereocenters. The Bertz CT molecular complexity index is 551. The van der Waals surface area contributed by atoms with Gasteiger partial charge < -0.3 is 0 Å². The predicted octanol–water partition coefficient (Wildman–Crippen LogP) is 6.50. The highest BCUT2D eigenvalue weighted by Gasteiger charge is 2.19. The Labute approximate surface area is 128 Å². The van der Waals surface area contributed by atoms with Crippen LogP contribution in [0.15, 0.2) is 23.6 Å². The van der Waals surface area contributed by atoms with E-state index in [0.717, 1.165) is 21.0 Å². The largest absolute Gasteiger partial charge is 0.145 e. The molecule has 0 aliphatic rings. The molecular formula is C12H8BrCl3S. The number of aryl methyl sites for hydroxylation is 1.